The van der Waals surface area contributed by atoms with Gasteiger partial charge >= 0.3 is 6.03 Å². The lowest BCUT2D eigenvalue weighted by atomic mass is 10.1. The highest BCUT2D eigenvalue weighted by Crippen LogP contribution is 2.38. The molecular formula is C26H24F2N4O2. The number of hydrogen-bond donors (Lipinski definition) is 1. The number of rotatable bonds is 1. The maximum Gasteiger partial charge on any atom is 0.322 e. The van der Waals surface area contributed by atoms with E-state index in [1.54, 1.807) is 4.90 Å². The molecule has 2 aliphatic heterocycles. The van der Waals surface area contributed by atoms with E-state index in [2.05, 4.69) is 16.3 Å². The molecule has 2 heterocycles. The van der Waals surface area contributed by atoms with Gasteiger partial charge in [-0.2, -0.15) is 0 Å². The third kappa shape index (κ3) is 4.19. The van der Waals surface area contributed by atoms with Gasteiger partial charge in [-0.15, -0.1) is 0 Å². The van der Waals surface area contributed by atoms with Gasteiger partial charge in [-0.05, 0) is 50.2 Å². The van der Waals surface area contributed by atoms with Crippen molar-refractivity contribution in [1.29, 1.82) is 0 Å². The van der Waals surface area contributed by atoms with E-state index in [0.717, 1.165) is 40.5 Å². The number of amidine groups is 1. The molecule has 5 rings (SSSR count). The Hall–Kier alpha value is -3.94. The number of nitrogens with zero attached hydrogens (tertiary/aromatic N) is 3. The van der Waals surface area contributed by atoms with Crippen molar-refractivity contribution < 1.29 is 18.3 Å². The van der Waals surface area contributed by atoms with Crippen LogP contribution in [0.25, 0.3) is 0 Å². The number of piperazine rings is 1. The average molecular weight is 463 g/mol. The molecule has 1 atom stereocenters. The number of benzene rings is 3. The molecule has 174 valence electrons. The van der Waals surface area contributed by atoms with E-state index in [0.29, 0.717) is 25.4 Å². The Labute approximate surface area is 196 Å². The molecule has 3 aromatic rings. The van der Waals surface area contributed by atoms with Crippen LogP contribution in [0.4, 0.5) is 25.0 Å². The monoisotopic (exact) mass is 462 g/mol. The highest BCUT2D eigenvalue weighted by Gasteiger charge is 2.31. The van der Waals surface area contributed by atoms with Gasteiger partial charge in [0, 0.05) is 37.4 Å². The van der Waals surface area contributed by atoms with Gasteiger partial charge in [0.05, 0.1) is 5.56 Å². The fourth-order valence-corrected chi connectivity index (χ4v) is 4.30. The van der Waals surface area contributed by atoms with Gasteiger partial charge in [0.2, 0.25) is 0 Å². The first-order valence-corrected chi connectivity index (χ1v) is 11.1. The van der Waals surface area contributed by atoms with E-state index in [1.165, 1.54) is 6.07 Å². The fraction of sp³-hybridized carbons (Fsp3) is 0.231. The predicted molar refractivity (Wildman–Crippen MR) is 127 cm³/mol. The smallest absolute Gasteiger partial charge is 0.322 e. The van der Waals surface area contributed by atoms with Gasteiger partial charge in [0.25, 0.3) is 0 Å². The van der Waals surface area contributed by atoms with E-state index in [9.17, 15) is 13.6 Å². The van der Waals surface area contributed by atoms with Crippen molar-refractivity contribution >= 4 is 23.2 Å². The molecule has 0 aromatic heterocycles. The van der Waals surface area contributed by atoms with E-state index >= 15 is 0 Å². The molecule has 0 saturated carbocycles. The standard InChI is InChI=1S/C26H24F2N4O2/c1-16-7-10-23-19(13-16)25(30-22-5-3-4-6-24(22)34-23)31-11-12-32(17(2)15-31)26(33)29-18-8-9-20(27)21(28)14-18/h3-10,13-14,17H,11-12,15H2,1-2H3,(H,29,33). The molecule has 0 aliphatic carbocycles. The normalized spacial score (nSPS) is 17.2. The second-order valence-electron chi connectivity index (χ2n) is 8.55. The first-order valence-electron chi connectivity index (χ1n) is 11.1. The summed E-state index contributed by atoms with van der Waals surface area (Å²) in [5.41, 5.74) is 2.96. The molecule has 8 heteroatoms. The Morgan fingerprint density at radius 1 is 1.03 bits per heavy atom. The van der Waals surface area contributed by atoms with Crippen LogP contribution in [0.1, 0.15) is 18.1 Å². The number of carbonyl (C=O) groups excluding carboxylic acids is 1. The topological polar surface area (TPSA) is 57.2 Å². The molecule has 1 N–H and O–H groups in total. The van der Waals surface area contributed by atoms with Crippen LogP contribution >= 0.6 is 0 Å². The summed E-state index contributed by atoms with van der Waals surface area (Å²) in [6.45, 7) is 5.54. The molecule has 0 spiro atoms. The minimum Gasteiger partial charge on any atom is -0.454 e. The molecule has 2 amide bonds. The average Bonchev–Trinajstić information content (AvgIpc) is 2.98. The first kappa shape index (κ1) is 21.9. The zero-order chi connectivity index (χ0) is 23.8. The Morgan fingerprint density at radius 3 is 2.65 bits per heavy atom. The quantitative estimate of drug-likeness (QED) is 0.505. The maximum absolute atomic E-state index is 13.5. The molecule has 1 unspecified atom stereocenters. The van der Waals surface area contributed by atoms with Crippen LogP contribution in [0.15, 0.2) is 65.7 Å². The van der Waals surface area contributed by atoms with Crippen molar-refractivity contribution in [2.24, 2.45) is 4.99 Å². The van der Waals surface area contributed by atoms with E-state index in [4.69, 9.17) is 9.73 Å². The second-order valence-corrected chi connectivity index (χ2v) is 8.55. The summed E-state index contributed by atoms with van der Waals surface area (Å²) in [5.74, 6) is 0.278. The Bertz CT molecular complexity index is 1290. The summed E-state index contributed by atoms with van der Waals surface area (Å²) in [7, 11) is 0. The van der Waals surface area contributed by atoms with Crippen LogP contribution in [-0.4, -0.2) is 47.3 Å². The summed E-state index contributed by atoms with van der Waals surface area (Å²) < 4.78 is 32.9. The Morgan fingerprint density at radius 2 is 1.85 bits per heavy atom. The highest BCUT2D eigenvalue weighted by molar-refractivity contribution is 6.04. The van der Waals surface area contributed by atoms with Crippen LogP contribution in [0.5, 0.6) is 11.5 Å². The number of nitrogens with one attached hydrogen (secondary N) is 1. The lowest BCUT2D eigenvalue weighted by molar-refractivity contribution is 0.145. The van der Waals surface area contributed by atoms with Crippen molar-refractivity contribution in [1.82, 2.24) is 9.80 Å². The minimum atomic E-state index is -1.00. The van der Waals surface area contributed by atoms with Gasteiger partial charge in [0.15, 0.2) is 17.4 Å². The zero-order valence-electron chi connectivity index (χ0n) is 18.9. The van der Waals surface area contributed by atoms with Crippen LogP contribution in [0, 0.1) is 18.6 Å². The molecule has 1 fully saturated rings. The van der Waals surface area contributed by atoms with Crippen molar-refractivity contribution in [3.63, 3.8) is 0 Å². The third-order valence-corrected chi connectivity index (χ3v) is 6.05. The molecule has 0 bridgehead atoms. The number of aliphatic imine (C=N–C) groups is 1. The molecule has 0 radical (unpaired) electrons. The zero-order valence-corrected chi connectivity index (χ0v) is 18.9. The second kappa shape index (κ2) is 8.78. The first-order chi connectivity index (χ1) is 16.4. The summed E-state index contributed by atoms with van der Waals surface area (Å²) in [6, 6.07) is 16.5. The molecular weight excluding hydrogens is 438 g/mol. The fourth-order valence-electron chi connectivity index (χ4n) is 4.30. The lowest BCUT2D eigenvalue weighted by Crippen LogP contribution is -2.56. The number of amides is 2. The van der Waals surface area contributed by atoms with Crippen molar-refractivity contribution in [3.8, 4) is 11.5 Å². The minimum absolute atomic E-state index is 0.144. The maximum atomic E-state index is 13.5. The predicted octanol–water partition coefficient (Wildman–Crippen LogP) is 5.70. The van der Waals surface area contributed by atoms with E-state index in [1.807, 2.05) is 50.2 Å². The lowest BCUT2D eigenvalue weighted by Gasteiger charge is -2.41. The van der Waals surface area contributed by atoms with Crippen molar-refractivity contribution in [2.75, 3.05) is 25.0 Å². The Balaban J connectivity index is 1.38. The number of para-hydroxylation sites is 2. The van der Waals surface area contributed by atoms with Gasteiger partial charge in [-0.25, -0.2) is 18.6 Å². The number of urea groups is 1. The number of fused-ring (bicyclic) bond motifs is 2. The number of halogens is 2. The van der Waals surface area contributed by atoms with Crippen LogP contribution in [0.3, 0.4) is 0 Å². The van der Waals surface area contributed by atoms with Crippen LogP contribution < -0.4 is 10.1 Å². The van der Waals surface area contributed by atoms with E-state index < -0.39 is 11.6 Å². The number of aryl methyl sites for hydroxylation is 1. The van der Waals surface area contributed by atoms with Gasteiger partial charge < -0.3 is 19.9 Å². The summed E-state index contributed by atoms with van der Waals surface area (Å²) in [6.07, 6.45) is 0. The molecule has 6 nitrogen and oxygen atoms in total. The van der Waals surface area contributed by atoms with Crippen molar-refractivity contribution in [2.45, 2.75) is 19.9 Å². The number of carbonyl (C=O) groups is 1. The number of anilines is 1. The highest BCUT2D eigenvalue weighted by atomic mass is 19.2. The molecule has 3 aromatic carbocycles. The molecule has 34 heavy (non-hydrogen) atoms. The number of hydrogen-bond acceptors (Lipinski definition) is 4. The number of ether oxygens (including phenoxy) is 1. The van der Waals surface area contributed by atoms with E-state index in [-0.39, 0.29) is 17.8 Å². The summed E-state index contributed by atoms with van der Waals surface area (Å²) >= 11 is 0. The van der Waals surface area contributed by atoms with Gasteiger partial charge in [-0.1, -0.05) is 23.8 Å². The van der Waals surface area contributed by atoms with Crippen LogP contribution in [-0.2, 0) is 0 Å². The molecule has 2 aliphatic rings. The third-order valence-electron chi connectivity index (χ3n) is 6.05. The largest absolute Gasteiger partial charge is 0.454 e. The summed E-state index contributed by atoms with van der Waals surface area (Å²) in [5, 5.41) is 2.66. The van der Waals surface area contributed by atoms with Gasteiger partial charge in [-0.3, -0.25) is 0 Å². The SMILES string of the molecule is Cc1ccc2c(c1)C(N1CCN(C(=O)Nc3ccc(F)c(F)c3)C(C)C1)=Nc1ccccc1O2. The summed E-state index contributed by atoms with van der Waals surface area (Å²) in [4.78, 5) is 21.7. The molecule has 1 saturated heterocycles. The van der Waals surface area contributed by atoms with Gasteiger partial charge in [0.1, 0.15) is 17.3 Å². The van der Waals surface area contributed by atoms with Crippen molar-refractivity contribution in [3.05, 3.63) is 83.4 Å². The van der Waals surface area contributed by atoms with Crippen LogP contribution in [0.2, 0.25) is 0 Å². The Kier molecular flexibility index (Phi) is 5.65.